The fourth-order valence-corrected chi connectivity index (χ4v) is 9.90. The first-order chi connectivity index (χ1) is 30.2. The molecule has 0 atom stereocenters. The number of allylic oxidation sites excluding steroid dienone is 1. The van der Waals surface area contributed by atoms with Crippen molar-refractivity contribution in [2.75, 3.05) is 69.3 Å². The molecule has 0 bridgehead atoms. The third-order valence-electron chi connectivity index (χ3n) is 12.7. The van der Waals surface area contributed by atoms with Gasteiger partial charge in [0.15, 0.2) is 0 Å². The molecule has 0 unspecified atom stereocenters. The van der Waals surface area contributed by atoms with Crippen LogP contribution in [0.1, 0.15) is 61.9 Å². The maximum absolute atomic E-state index is 14.0. The number of fused-ring (bicyclic) bond motifs is 1. The molecule has 332 valence electrons. The highest BCUT2D eigenvalue weighted by atomic mass is 35.5. The third-order valence-corrected chi connectivity index (χ3v) is 14.3. The molecule has 1 amide bonds. The Morgan fingerprint density at radius 1 is 0.968 bits per heavy atom. The number of nitrogens with one attached hydrogen (secondary N) is 3. The Bertz CT molecular complexity index is 2630. The molecule has 2 saturated heterocycles. The second-order valence-electron chi connectivity index (χ2n) is 17.7. The lowest BCUT2D eigenvalue weighted by Gasteiger charge is -2.39. The summed E-state index contributed by atoms with van der Waals surface area (Å²) in [7, 11) is -4.60. The minimum Gasteiger partial charge on any atom is -0.456 e. The van der Waals surface area contributed by atoms with Crippen LogP contribution in [-0.4, -0.2) is 93.3 Å². The molecule has 0 radical (unpaired) electrons. The fraction of sp³-hybridized carbons (Fsp3) is 0.383. The minimum atomic E-state index is -4.60. The molecule has 5 aromatic rings. The molecule has 4 N–H and O–H groups in total. The molecule has 2 aliphatic heterocycles. The zero-order valence-electron chi connectivity index (χ0n) is 35.5. The van der Waals surface area contributed by atoms with Crippen LogP contribution >= 0.6 is 11.6 Å². The highest BCUT2D eigenvalue weighted by Gasteiger charge is 2.34. The van der Waals surface area contributed by atoms with Crippen molar-refractivity contribution in [1.82, 2.24) is 14.6 Å². The summed E-state index contributed by atoms with van der Waals surface area (Å²) in [6, 6.07) is 24.0. The van der Waals surface area contributed by atoms with Gasteiger partial charge < -0.3 is 29.8 Å². The van der Waals surface area contributed by atoms with E-state index in [0.29, 0.717) is 31.8 Å². The SMILES string of the molecule is CC1(C)CCC(CN2CCN(c3ccc(C(=O)NS(=O)(=O)c4ccc(NCC5(CO)CCOCC5)c([N+](=O)[O-])c4)c(Oc4ccc5[nH]ccc5c4)c3)CC2)=C(c2ccc(Cl)cc2)C1. The summed E-state index contributed by atoms with van der Waals surface area (Å²) < 4.78 is 41.4. The number of rotatable bonds is 14. The first kappa shape index (κ1) is 44.2. The van der Waals surface area contributed by atoms with Gasteiger partial charge in [0.25, 0.3) is 21.6 Å². The van der Waals surface area contributed by atoms with Crippen molar-refractivity contribution in [1.29, 1.82) is 0 Å². The number of carbonyl (C=O) groups excluding carboxylic acids is 1. The van der Waals surface area contributed by atoms with Crippen LogP contribution in [0.4, 0.5) is 17.1 Å². The van der Waals surface area contributed by atoms with Crippen LogP contribution in [0, 0.1) is 20.9 Å². The summed E-state index contributed by atoms with van der Waals surface area (Å²) in [4.78, 5) is 32.9. The number of aliphatic hydroxyl groups is 1. The van der Waals surface area contributed by atoms with Crippen molar-refractivity contribution < 1.29 is 32.7 Å². The molecule has 0 saturated carbocycles. The fourth-order valence-electron chi connectivity index (χ4n) is 8.79. The van der Waals surface area contributed by atoms with Crippen molar-refractivity contribution in [2.45, 2.75) is 50.8 Å². The van der Waals surface area contributed by atoms with Gasteiger partial charge in [-0.05, 0) is 109 Å². The first-order valence-electron chi connectivity index (χ1n) is 21.3. The van der Waals surface area contributed by atoms with Crippen LogP contribution in [0.25, 0.3) is 16.5 Å². The van der Waals surface area contributed by atoms with Gasteiger partial charge in [0.2, 0.25) is 0 Å². The van der Waals surface area contributed by atoms with E-state index in [2.05, 4.69) is 50.8 Å². The number of nitrogens with zero attached hydrogens (tertiary/aromatic N) is 3. The standard InChI is InChI=1S/C47H53ClN6O8S/c1-46(2)15-13-34(40(28-46)32-3-5-35(48)6-4-32)29-52-19-21-53(22-20-52)36-7-10-39(44(26-36)62-37-8-11-41-33(25-37)14-18-49-41)45(56)51-63(59,60)38-9-12-42(43(27-38)54(57)58)50-30-47(31-55)16-23-61-24-17-47/h3-12,14,18,25-27,49-50,55H,13,15-17,19-24,28-31H2,1-2H3,(H,51,56). The molecule has 16 heteroatoms. The van der Waals surface area contributed by atoms with Crippen LogP contribution in [0.15, 0.2) is 102 Å². The van der Waals surface area contributed by atoms with Crippen LogP contribution < -0.4 is 19.7 Å². The average Bonchev–Trinajstić information content (AvgIpc) is 3.75. The normalized spacial score (nSPS) is 18.0. The zero-order valence-corrected chi connectivity index (χ0v) is 37.1. The first-order valence-corrected chi connectivity index (χ1v) is 23.2. The van der Waals surface area contributed by atoms with Gasteiger partial charge in [0.05, 0.1) is 22.0 Å². The van der Waals surface area contributed by atoms with Crippen molar-refractivity contribution in [2.24, 2.45) is 10.8 Å². The van der Waals surface area contributed by atoms with Crippen molar-refractivity contribution in [3.63, 3.8) is 0 Å². The van der Waals surface area contributed by atoms with Gasteiger partial charge in [-0.1, -0.05) is 43.2 Å². The number of nitro groups is 1. The Morgan fingerprint density at radius 3 is 2.46 bits per heavy atom. The molecule has 1 aromatic heterocycles. The smallest absolute Gasteiger partial charge is 0.293 e. The Kier molecular flexibility index (Phi) is 12.9. The number of halogens is 1. The zero-order chi connectivity index (χ0) is 44.4. The number of aromatic nitrogens is 1. The molecule has 63 heavy (non-hydrogen) atoms. The lowest BCUT2D eigenvalue weighted by Crippen LogP contribution is -2.47. The number of ether oxygens (including phenoxy) is 2. The van der Waals surface area contributed by atoms with E-state index in [1.165, 1.54) is 28.8 Å². The van der Waals surface area contributed by atoms with E-state index in [-0.39, 0.29) is 35.6 Å². The van der Waals surface area contributed by atoms with Gasteiger partial charge in [-0.25, -0.2) is 13.1 Å². The summed E-state index contributed by atoms with van der Waals surface area (Å²) in [6.45, 7) is 9.64. The molecule has 0 spiro atoms. The maximum atomic E-state index is 14.0. The maximum Gasteiger partial charge on any atom is 0.293 e. The van der Waals surface area contributed by atoms with Crippen molar-refractivity contribution >= 4 is 61.1 Å². The molecule has 2 fully saturated rings. The lowest BCUT2D eigenvalue weighted by atomic mass is 9.72. The van der Waals surface area contributed by atoms with E-state index in [1.54, 1.807) is 24.3 Å². The number of nitro benzene ring substituents is 1. The summed E-state index contributed by atoms with van der Waals surface area (Å²) in [5, 5.41) is 26.9. The molecule has 3 aliphatic rings. The molecule has 4 aromatic carbocycles. The number of hydrogen-bond donors (Lipinski definition) is 4. The largest absolute Gasteiger partial charge is 0.456 e. The molecule has 3 heterocycles. The Hall–Kier alpha value is -5.45. The van der Waals surface area contributed by atoms with Crippen LogP contribution in [-0.2, 0) is 14.8 Å². The second kappa shape index (κ2) is 18.3. The number of H-pyrrole nitrogens is 1. The number of amides is 1. The number of hydrogen-bond acceptors (Lipinski definition) is 11. The highest BCUT2D eigenvalue weighted by Crippen LogP contribution is 2.44. The summed E-state index contributed by atoms with van der Waals surface area (Å²) in [6.07, 6.45) is 6.13. The number of anilines is 2. The van der Waals surface area contributed by atoms with Crippen LogP contribution in [0.3, 0.4) is 0 Å². The summed E-state index contributed by atoms with van der Waals surface area (Å²) in [5.41, 5.74) is 5.08. The summed E-state index contributed by atoms with van der Waals surface area (Å²) in [5.74, 6) is -0.362. The molecular formula is C47H53ClN6O8S. The van der Waals surface area contributed by atoms with E-state index >= 15 is 0 Å². The number of aromatic amines is 1. The molecule has 8 rings (SSSR count). The van der Waals surface area contributed by atoms with Gasteiger partial charge in [-0.3, -0.25) is 19.8 Å². The Morgan fingerprint density at radius 2 is 1.73 bits per heavy atom. The number of piperazine rings is 1. The van der Waals surface area contributed by atoms with Gasteiger partial charge in [-0.2, -0.15) is 0 Å². The Labute approximate surface area is 372 Å². The molecule has 14 nitrogen and oxygen atoms in total. The molecular weight excluding hydrogens is 844 g/mol. The number of aliphatic hydroxyl groups excluding tert-OH is 1. The highest BCUT2D eigenvalue weighted by molar-refractivity contribution is 7.90. The van der Waals surface area contributed by atoms with Crippen molar-refractivity contribution in [3.8, 4) is 11.5 Å². The van der Waals surface area contributed by atoms with E-state index in [4.69, 9.17) is 21.1 Å². The van der Waals surface area contributed by atoms with Gasteiger partial charge in [-0.15, -0.1) is 0 Å². The average molecular weight is 897 g/mol. The van der Waals surface area contributed by atoms with Gasteiger partial charge in [0.1, 0.15) is 17.2 Å². The van der Waals surface area contributed by atoms with Gasteiger partial charge >= 0.3 is 0 Å². The van der Waals surface area contributed by atoms with Crippen LogP contribution in [0.2, 0.25) is 5.02 Å². The van der Waals surface area contributed by atoms with Crippen molar-refractivity contribution in [3.05, 3.63) is 123 Å². The number of sulfonamides is 1. The second-order valence-corrected chi connectivity index (χ2v) is 19.8. The van der Waals surface area contributed by atoms with E-state index in [0.717, 1.165) is 79.7 Å². The monoisotopic (exact) mass is 896 g/mol. The lowest BCUT2D eigenvalue weighted by molar-refractivity contribution is -0.384. The number of benzene rings is 4. The van der Waals surface area contributed by atoms with Gasteiger partial charge in [0, 0.05) is 97.8 Å². The van der Waals surface area contributed by atoms with E-state index in [1.807, 2.05) is 36.5 Å². The molecule has 1 aliphatic carbocycles. The van der Waals surface area contributed by atoms with E-state index in [9.17, 15) is 28.4 Å². The predicted molar refractivity (Wildman–Crippen MR) is 245 cm³/mol. The third kappa shape index (κ3) is 10.2. The van der Waals surface area contributed by atoms with Crippen LogP contribution in [0.5, 0.6) is 11.5 Å². The predicted octanol–water partition coefficient (Wildman–Crippen LogP) is 8.63. The topological polar surface area (TPSA) is 179 Å². The minimum absolute atomic E-state index is 0.0319. The van der Waals surface area contributed by atoms with E-state index < -0.39 is 36.9 Å². The number of carbonyl (C=O) groups is 1. The Balaban J connectivity index is 1.01. The summed E-state index contributed by atoms with van der Waals surface area (Å²) >= 11 is 6.24. The quantitative estimate of drug-likeness (QED) is 0.0619.